The second kappa shape index (κ2) is 7.08. The molecule has 11 heteroatoms. The fourth-order valence-electron chi connectivity index (χ4n) is 2.75. The number of hydrogen-bond donors (Lipinski definition) is 1. The number of sulfonamides is 1. The van der Waals surface area contributed by atoms with Crippen molar-refractivity contribution in [2.24, 2.45) is 0 Å². The second-order valence-electron chi connectivity index (χ2n) is 6.16. The van der Waals surface area contributed by atoms with E-state index < -0.39 is 10.0 Å². The van der Waals surface area contributed by atoms with Gasteiger partial charge in [-0.2, -0.15) is 4.98 Å². The van der Waals surface area contributed by atoms with Crippen LogP contribution >= 0.6 is 0 Å². The number of aryl methyl sites for hydroxylation is 2. The zero-order valence-electron chi connectivity index (χ0n) is 15.2. The number of nitrogens with one attached hydrogen (secondary N) is 1. The molecule has 0 bridgehead atoms. The zero-order valence-corrected chi connectivity index (χ0v) is 16.0. The molecule has 0 amide bonds. The molecule has 1 fully saturated rings. The maximum atomic E-state index is 12.8. The third-order valence-corrected chi connectivity index (χ3v) is 5.56. The minimum absolute atomic E-state index is 0.0273. The van der Waals surface area contributed by atoms with E-state index in [0.717, 1.165) is 0 Å². The average molecular weight is 382 g/mol. The minimum Gasteiger partial charge on any atom is -0.378 e. The molecule has 1 aliphatic rings. The molecular weight excluding hydrogens is 360 g/mol. The molecule has 142 valence electrons. The van der Waals surface area contributed by atoms with Gasteiger partial charge in [-0.25, -0.2) is 13.4 Å². The van der Waals surface area contributed by atoms with Crippen molar-refractivity contribution < 1.29 is 17.7 Å². The Morgan fingerprint density at radius 2 is 1.92 bits per heavy atom. The van der Waals surface area contributed by atoms with Gasteiger partial charge < -0.3 is 19.1 Å². The number of rotatable bonds is 5. The molecule has 1 aliphatic heterocycles. The Balaban J connectivity index is 1.94. The lowest BCUT2D eigenvalue weighted by molar-refractivity contribution is 0.122. The molecule has 3 rings (SSSR count). The smallest absolute Gasteiger partial charge is 0.267 e. The fraction of sp³-hybridized carbons (Fsp3) is 0.533. The van der Waals surface area contributed by atoms with Crippen LogP contribution in [-0.2, 0) is 14.8 Å². The summed E-state index contributed by atoms with van der Waals surface area (Å²) in [5.74, 6) is 1.24. The van der Waals surface area contributed by atoms with Crippen molar-refractivity contribution in [2.75, 3.05) is 54.9 Å². The third kappa shape index (κ3) is 3.58. The first-order valence-corrected chi connectivity index (χ1v) is 9.60. The molecule has 0 aromatic carbocycles. The molecule has 0 unspecified atom stereocenters. The standard InChI is InChI=1S/C15H22N6O4S/c1-10-13(11(2)25-18-10)26(22,23)19-12-9-16-15(17-14(12)20(3)4)21-5-7-24-8-6-21/h9,19H,5-8H2,1-4H3. The van der Waals surface area contributed by atoms with Crippen LogP contribution in [0.25, 0.3) is 0 Å². The highest BCUT2D eigenvalue weighted by atomic mass is 32.2. The number of ether oxygens (including phenoxy) is 1. The van der Waals surface area contributed by atoms with Crippen LogP contribution in [0.2, 0.25) is 0 Å². The molecule has 0 atom stereocenters. The highest BCUT2D eigenvalue weighted by Crippen LogP contribution is 2.28. The van der Waals surface area contributed by atoms with Crippen molar-refractivity contribution in [3.8, 4) is 0 Å². The summed E-state index contributed by atoms with van der Waals surface area (Å²) in [7, 11) is -0.290. The van der Waals surface area contributed by atoms with E-state index in [0.29, 0.717) is 43.8 Å². The summed E-state index contributed by atoms with van der Waals surface area (Å²) >= 11 is 0. The van der Waals surface area contributed by atoms with Crippen molar-refractivity contribution >= 4 is 27.5 Å². The van der Waals surface area contributed by atoms with Crippen molar-refractivity contribution in [1.82, 2.24) is 15.1 Å². The molecule has 2 aromatic rings. The number of morpholine rings is 1. The predicted molar refractivity (Wildman–Crippen MR) is 96.2 cm³/mol. The minimum atomic E-state index is -3.87. The molecule has 3 heterocycles. The van der Waals surface area contributed by atoms with Gasteiger partial charge in [0.05, 0.1) is 19.4 Å². The van der Waals surface area contributed by atoms with Gasteiger partial charge in [0.1, 0.15) is 11.4 Å². The van der Waals surface area contributed by atoms with Crippen LogP contribution in [0.4, 0.5) is 17.5 Å². The Hall–Kier alpha value is -2.40. The van der Waals surface area contributed by atoms with Crippen molar-refractivity contribution in [2.45, 2.75) is 18.7 Å². The normalized spacial score (nSPS) is 15.2. The summed E-state index contributed by atoms with van der Waals surface area (Å²) in [5.41, 5.74) is 0.583. The topological polar surface area (TPSA) is 114 Å². The van der Waals surface area contributed by atoms with Gasteiger partial charge in [-0.3, -0.25) is 4.72 Å². The second-order valence-corrected chi connectivity index (χ2v) is 7.78. The zero-order chi connectivity index (χ0) is 18.9. The fourth-order valence-corrected chi connectivity index (χ4v) is 4.12. The summed E-state index contributed by atoms with van der Waals surface area (Å²) in [6.45, 7) is 5.74. The lowest BCUT2D eigenvalue weighted by Crippen LogP contribution is -2.37. The van der Waals surface area contributed by atoms with E-state index in [1.165, 1.54) is 6.20 Å². The number of nitrogens with zero attached hydrogens (tertiary/aromatic N) is 5. The Morgan fingerprint density at radius 3 is 2.50 bits per heavy atom. The first-order chi connectivity index (χ1) is 12.3. The summed E-state index contributed by atoms with van der Waals surface area (Å²) in [6, 6.07) is 0. The van der Waals surface area contributed by atoms with Gasteiger partial charge in [0.25, 0.3) is 10.0 Å². The molecule has 10 nitrogen and oxygen atoms in total. The Bertz CT molecular complexity index is 870. The first-order valence-electron chi connectivity index (χ1n) is 8.12. The van der Waals surface area contributed by atoms with Crippen LogP contribution in [0.3, 0.4) is 0 Å². The van der Waals surface area contributed by atoms with Crippen molar-refractivity contribution in [1.29, 1.82) is 0 Å². The van der Waals surface area contributed by atoms with Gasteiger partial charge in [-0.1, -0.05) is 5.16 Å². The SMILES string of the molecule is Cc1noc(C)c1S(=O)(=O)Nc1cnc(N2CCOCC2)nc1N(C)C. The number of anilines is 3. The molecule has 0 saturated carbocycles. The highest BCUT2D eigenvalue weighted by Gasteiger charge is 2.26. The van der Waals surface area contributed by atoms with Crippen molar-refractivity contribution in [3.05, 3.63) is 17.7 Å². The van der Waals surface area contributed by atoms with E-state index in [4.69, 9.17) is 9.26 Å². The Kier molecular flexibility index (Phi) is 5.01. The molecule has 0 radical (unpaired) electrons. The molecule has 1 N–H and O–H groups in total. The molecule has 1 saturated heterocycles. The monoisotopic (exact) mass is 382 g/mol. The Morgan fingerprint density at radius 1 is 1.23 bits per heavy atom. The van der Waals surface area contributed by atoms with Gasteiger partial charge in [-0.15, -0.1) is 0 Å². The Labute approximate surface area is 152 Å². The van der Waals surface area contributed by atoms with Crippen LogP contribution in [-0.4, -0.2) is 63.9 Å². The predicted octanol–water partition coefficient (Wildman–Crippen LogP) is 0.785. The third-order valence-electron chi connectivity index (χ3n) is 3.95. The van der Waals surface area contributed by atoms with E-state index in [-0.39, 0.29) is 16.3 Å². The van der Waals surface area contributed by atoms with Gasteiger partial charge in [0.15, 0.2) is 16.5 Å². The summed E-state index contributed by atoms with van der Waals surface area (Å²) in [6.07, 6.45) is 1.48. The van der Waals surface area contributed by atoms with Gasteiger partial charge in [0.2, 0.25) is 5.95 Å². The molecule has 26 heavy (non-hydrogen) atoms. The lowest BCUT2D eigenvalue weighted by atomic mass is 10.4. The van der Waals surface area contributed by atoms with E-state index >= 15 is 0 Å². The molecule has 0 spiro atoms. The molecule has 0 aliphatic carbocycles. The van der Waals surface area contributed by atoms with E-state index in [2.05, 4.69) is 19.8 Å². The first kappa shape index (κ1) is 18.4. The van der Waals surface area contributed by atoms with Crippen LogP contribution in [0.1, 0.15) is 11.5 Å². The van der Waals surface area contributed by atoms with Gasteiger partial charge >= 0.3 is 0 Å². The van der Waals surface area contributed by atoms with E-state index in [1.807, 2.05) is 4.90 Å². The van der Waals surface area contributed by atoms with Gasteiger partial charge in [0, 0.05) is 27.2 Å². The molecule has 2 aromatic heterocycles. The van der Waals surface area contributed by atoms with E-state index in [9.17, 15) is 8.42 Å². The van der Waals surface area contributed by atoms with E-state index in [1.54, 1.807) is 32.8 Å². The molecular formula is C15H22N6O4S. The number of hydrogen-bond acceptors (Lipinski definition) is 9. The van der Waals surface area contributed by atoms with Crippen molar-refractivity contribution in [3.63, 3.8) is 0 Å². The van der Waals surface area contributed by atoms with Crippen LogP contribution < -0.4 is 14.5 Å². The van der Waals surface area contributed by atoms with Crippen LogP contribution in [0.15, 0.2) is 15.6 Å². The average Bonchev–Trinajstić information content (AvgIpc) is 2.95. The van der Waals surface area contributed by atoms with Crippen LogP contribution in [0.5, 0.6) is 0 Å². The largest absolute Gasteiger partial charge is 0.378 e. The summed E-state index contributed by atoms with van der Waals surface area (Å²) < 4.78 is 38.4. The maximum Gasteiger partial charge on any atom is 0.267 e. The quantitative estimate of drug-likeness (QED) is 0.801. The van der Waals surface area contributed by atoms with Crippen LogP contribution in [0, 0.1) is 13.8 Å². The summed E-state index contributed by atoms with van der Waals surface area (Å²) in [5, 5.41) is 3.70. The highest BCUT2D eigenvalue weighted by molar-refractivity contribution is 7.92. The lowest BCUT2D eigenvalue weighted by Gasteiger charge is -2.28. The number of aromatic nitrogens is 3. The maximum absolute atomic E-state index is 12.8. The summed E-state index contributed by atoms with van der Waals surface area (Å²) in [4.78, 5) is 12.6. The van der Waals surface area contributed by atoms with Gasteiger partial charge in [-0.05, 0) is 13.8 Å².